The summed E-state index contributed by atoms with van der Waals surface area (Å²) in [5.41, 5.74) is 6.29. The van der Waals surface area contributed by atoms with E-state index in [0.717, 1.165) is 12.6 Å². The fourth-order valence-electron chi connectivity index (χ4n) is 3.25. The highest BCUT2D eigenvalue weighted by molar-refractivity contribution is 7.12. The molecule has 1 saturated carbocycles. The van der Waals surface area contributed by atoms with Gasteiger partial charge in [0.05, 0.1) is 6.04 Å². The number of nitrogens with zero attached hydrogens (tertiary/aromatic N) is 1. The zero-order valence-electron chi connectivity index (χ0n) is 11.9. The third kappa shape index (κ3) is 2.95. The lowest BCUT2D eigenvalue weighted by Gasteiger charge is -2.37. The minimum absolute atomic E-state index is 0.198. The number of hydrogen-bond acceptors (Lipinski definition) is 3. The molecule has 0 bridgehead atoms. The van der Waals surface area contributed by atoms with Gasteiger partial charge in [-0.3, -0.25) is 4.90 Å². The van der Waals surface area contributed by atoms with Crippen molar-refractivity contribution in [2.75, 3.05) is 6.54 Å². The molecule has 0 amide bonds. The Kier molecular flexibility index (Phi) is 4.82. The summed E-state index contributed by atoms with van der Waals surface area (Å²) in [4.78, 5) is 5.47. The first-order chi connectivity index (χ1) is 8.63. The lowest BCUT2D eigenvalue weighted by molar-refractivity contribution is 0.129. The molecule has 1 heterocycles. The van der Waals surface area contributed by atoms with Crippen molar-refractivity contribution in [3.8, 4) is 0 Å². The van der Waals surface area contributed by atoms with Gasteiger partial charge in [-0.05, 0) is 45.4 Å². The molecule has 2 nitrogen and oxygen atoms in total. The van der Waals surface area contributed by atoms with Crippen molar-refractivity contribution < 1.29 is 0 Å². The largest absolute Gasteiger partial charge is 0.326 e. The highest BCUT2D eigenvalue weighted by Gasteiger charge is 2.31. The minimum Gasteiger partial charge on any atom is -0.326 e. The van der Waals surface area contributed by atoms with Crippen LogP contribution in [0.4, 0.5) is 0 Å². The van der Waals surface area contributed by atoms with E-state index >= 15 is 0 Å². The molecular weight excluding hydrogens is 240 g/mol. The average molecular weight is 266 g/mol. The number of nitrogens with two attached hydrogens (primary N) is 1. The van der Waals surface area contributed by atoms with Gasteiger partial charge in [-0.25, -0.2) is 0 Å². The van der Waals surface area contributed by atoms with E-state index in [1.807, 2.05) is 11.3 Å². The summed E-state index contributed by atoms with van der Waals surface area (Å²) in [6, 6.07) is 5.83. The van der Waals surface area contributed by atoms with E-state index in [2.05, 4.69) is 37.8 Å². The summed E-state index contributed by atoms with van der Waals surface area (Å²) in [6.45, 7) is 7.71. The van der Waals surface area contributed by atoms with Crippen LogP contribution in [0.15, 0.2) is 12.1 Å². The molecule has 1 aromatic heterocycles. The van der Waals surface area contributed by atoms with Crippen molar-refractivity contribution in [1.82, 2.24) is 4.90 Å². The SMILES string of the molecule is CCN(C1CCCC1)C(c1ccc(C)s1)C(C)N. The molecule has 1 aliphatic carbocycles. The van der Waals surface area contributed by atoms with Crippen LogP contribution in [0, 0.1) is 6.92 Å². The van der Waals surface area contributed by atoms with Crippen LogP contribution in [0.5, 0.6) is 0 Å². The van der Waals surface area contributed by atoms with Crippen LogP contribution in [0.1, 0.15) is 55.3 Å². The van der Waals surface area contributed by atoms with Gasteiger partial charge in [0.15, 0.2) is 0 Å². The van der Waals surface area contributed by atoms with Crippen molar-refractivity contribution in [2.24, 2.45) is 5.73 Å². The van der Waals surface area contributed by atoms with Crippen molar-refractivity contribution in [2.45, 2.75) is 64.6 Å². The number of hydrogen-bond donors (Lipinski definition) is 1. The first-order valence-corrected chi connectivity index (χ1v) is 8.02. The molecule has 2 N–H and O–H groups in total. The standard InChI is InChI=1S/C15H26N2S/c1-4-17(13-7-5-6-8-13)15(12(3)16)14-10-9-11(2)18-14/h9-10,12-13,15H,4-8,16H2,1-3H3. The molecule has 0 radical (unpaired) electrons. The van der Waals surface area contributed by atoms with Crippen molar-refractivity contribution >= 4 is 11.3 Å². The zero-order chi connectivity index (χ0) is 13.1. The second kappa shape index (κ2) is 6.18. The summed E-state index contributed by atoms with van der Waals surface area (Å²) in [6.07, 6.45) is 5.47. The van der Waals surface area contributed by atoms with Gasteiger partial charge in [0.25, 0.3) is 0 Å². The minimum atomic E-state index is 0.198. The molecule has 2 atom stereocenters. The van der Waals surface area contributed by atoms with E-state index in [0.29, 0.717) is 6.04 Å². The van der Waals surface area contributed by atoms with E-state index in [1.165, 1.54) is 35.4 Å². The van der Waals surface area contributed by atoms with Crippen molar-refractivity contribution in [1.29, 1.82) is 0 Å². The predicted molar refractivity (Wildman–Crippen MR) is 80.1 cm³/mol. The maximum absolute atomic E-state index is 6.29. The summed E-state index contributed by atoms with van der Waals surface area (Å²) in [7, 11) is 0. The maximum Gasteiger partial charge on any atom is 0.0593 e. The van der Waals surface area contributed by atoms with Gasteiger partial charge in [-0.1, -0.05) is 19.8 Å². The second-order valence-corrected chi connectivity index (χ2v) is 6.84. The average Bonchev–Trinajstić information content (AvgIpc) is 2.96. The lowest BCUT2D eigenvalue weighted by Crippen LogP contribution is -2.43. The fourth-order valence-corrected chi connectivity index (χ4v) is 4.37. The monoisotopic (exact) mass is 266 g/mol. The Morgan fingerprint density at radius 3 is 2.50 bits per heavy atom. The summed E-state index contributed by atoms with van der Waals surface area (Å²) >= 11 is 1.90. The topological polar surface area (TPSA) is 29.3 Å². The van der Waals surface area contributed by atoms with E-state index in [-0.39, 0.29) is 6.04 Å². The van der Waals surface area contributed by atoms with E-state index in [1.54, 1.807) is 0 Å². The van der Waals surface area contributed by atoms with Crippen LogP contribution in [-0.4, -0.2) is 23.5 Å². The van der Waals surface area contributed by atoms with Crippen LogP contribution in [0.25, 0.3) is 0 Å². The lowest BCUT2D eigenvalue weighted by atomic mass is 10.0. The third-order valence-corrected chi connectivity index (χ3v) is 5.14. The predicted octanol–water partition coefficient (Wildman–Crippen LogP) is 3.71. The molecule has 0 aliphatic heterocycles. The number of thiophene rings is 1. The van der Waals surface area contributed by atoms with Gasteiger partial charge < -0.3 is 5.73 Å². The Bertz CT molecular complexity index is 366. The van der Waals surface area contributed by atoms with Crippen LogP contribution in [-0.2, 0) is 0 Å². The third-order valence-electron chi connectivity index (χ3n) is 4.07. The smallest absolute Gasteiger partial charge is 0.0593 e. The molecule has 1 aromatic rings. The van der Waals surface area contributed by atoms with Gasteiger partial charge in [-0.15, -0.1) is 11.3 Å². The fraction of sp³-hybridized carbons (Fsp3) is 0.733. The quantitative estimate of drug-likeness (QED) is 0.880. The zero-order valence-corrected chi connectivity index (χ0v) is 12.7. The summed E-state index contributed by atoms with van der Waals surface area (Å²) in [5, 5.41) is 0. The Labute approximate surface area is 115 Å². The maximum atomic E-state index is 6.29. The first-order valence-electron chi connectivity index (χ1n) is 7.21. The molecule has 0 saturated heterocycles. The first kappa shape index (κ1) is 14.0. The van der Waals surface area contributed by atoms with Crippen molar-refractivity contribution in [3.63, 3.8) is 0 Å². The van der Waals surface area contributed by atoms with Gasteiger partial charge in [0.2, 0.25) is 0 Å². The highest BCUT2D eigenvalue weighted by Crippen LogP contribution is 2.35. The molecule has 18 heavy (non-hydrogen) atoms. The Hall–Kier alpha value is -0.380. The summed E-state index contributed by atoms with van der Waals surface area (Å²) in [5.74, 6) is 0. The molecule has 1 aliphatic rings. The van der Waals surface area contributed by atoms with Gasteiger partial charge in [0.1, 0.15) is 0 Å². The molecule has 0 spiro atoms. The van der Waals surface area contributed by atoms with E-state index in [4.69, 9.17) is 5.73 Å². The normalized spacial score (nSPS) is 20.5. The summed E-state index contributed by atoms with van der Waals surface area (Å²) < 4.78 is 0. The van der Waals surface area contributed by atoms with Gasteiger partial charge in [-0.2, -0.15) is 0 Å². The molecular formula is C15H26N2S. The van der Waals surface area contributed by atoms with Crippen LogP contribution < -0.4 is 5.73 Å². The molecule has 0 aromatic carbocycles. The number of rotatable bonds is 5. The van der Waals surface area contributed by atoms with Crippen LogP contribution in [0.3, 0.4) is 0 Å². The van der Waals surface area contributed by atoms with E-state index < -0.39 is 0 Å². The van der Waals surface area contributed by atoms with Gasteiger partial charge in [0, 0.05) is 21.8 Å². The highest BCUT2D eigenvalue weighted by atomic mass is 32.1. The second-order valence-electron chi connectivity index (χ2n) is 5.52. The van der Waals surface area contributed by atoms with Gasteiger partial charge >= 0.3 is 0 Å². The van der Waals surface area contributed by atoms with Crippen LogP contribution in [0.2, 0.25) is 0 Å². The van der Waals surface area contributed by atoms with E-state index in [9.17, 15) is 0 Å². The Morgan fingerprint density at radius 1 is 1.39 bits per heavy atom. The number of aryl methyl sites for hydroxylation is 1. The molecule has 1 fully saturated rings. The molecule has 2 rings (SSSR count). The van der Waals surface area contributed by atoms with Crippen molar-refractivity contribution in [3.05, 3.63) is 21.9 Å². The Morgan fingerprint density at radius 2 is 2.06 bits per heavy atom. The number of likely N-dealkylation sites (N-methyl/N-ethyl adjacent to an activating group) is 1. The molecule has 102 valence electrons. The molecule has 3 heteroatoms. The van der Waals surface area contributed by atoms with Crippen LogP contribution >= 0.6 is 11.3 Å². The Balaban J connectivity index is 2.22. The molecule has 2 unspecified atom stereocenters.